The van der Waals surface area contributed by atoms with Crippen LogP contribution in [0.4, 0.5) is 16.2 Å². The number of carboxylic acids is 1. The second-order valence-electron chi connectivity index (χ2n) is 10.2. The summed E-state index contributed by atoms with van der Waals surface area (Å²) in [5.74, 6) is 0.223. The molecule has 0 unspecified atom stereocenters. The average molecular weight is 515 g/mol. The number of hydrogen-bond acceptors (Lipinski definition) is 5. The number of benzene rings is 3. The maximum Gasteiger partial charge on any atom is 0.412 e. The molecule has 1 amide bonds. The molecule has 3 aromatic carbocycles. The Morgan fingerprint density at radius 2 is 1.68 bits per heavy atom. The summed E-state index contributed by atoms with van der Waals surface area (Å²) < 4.78 is 11.1. The molecule has 1 saturated heterocycles. The number of methoxy groups -OCH3 is 1. The van der Waals surface area contributed by atoms with Gasteiger partial charge >= 0.3 is 12.1 Å². The zero-order valence-corrected chi connectivity index (χ0v) is 21.9. The van der Waals surface area contributed by atoms with Gasteiger partial charge in [0.2, 0.25) is 0 Å². The Bertz CT molecular complexity index is 1280. The zero-order valence-electron chi connectivity index (χ0n) is 21.9. The number of carboxylic acid groups (broad SMARTS) is 1. The number of nitrogens with one attached hydrogen (secondary N) is 1. The highest BCUT2D eigenvalue weighted by Crippen LogP contribution is 2.48. The maximum atomic E-state index is 12.8. The number of piperidine rings is 1. The number of anilines is 2. The standard InChI is InChI=1S/C31H34N2O5/c1-21(22-6-4-3-5-7-22)38-30(36)32-28-20-26(37-2)12-13-27(28)23-14-18-33(19-15-23)25-10-8-24(9-11-25)31(16-17-31)29(34)35/h3-13,20-21,23H,14-19H2,1-2H3,(H,32,36)(H,34,35)/t21-/m1/s1. The van der Waals surface area contributed by atoms with Gasteiger partial charge in [-0.25, -0.2) is 4.79 Å². The fraction of sp³-hybridized carbons (Fsp3) is 0.355. The number of rotatable bonds is 8. The Balaban J connectivity index is 1.24. The summed E-state index contributed by atoms with van der Waals surface area (Å²) in [6.07, 6.45) is 2.41. The van der Waals surface area contributed by atoms with Crippen LogP contribution in [0, 0.1) is 0 Å². The largest absolute Gasteiger partial charge is 0.497 e. The Kier molecular flexibility index (Phi) is 7.27. The van der Waals surface area contributed by atoms with Gasteiger partial charge in [0.1, 0.15) is 11.9 Å². The van der Waals surface area contributed by atoms with Gasteiger partial charge in [-0.2, -0.15) is 0 Å². The number of carbonyl (C=O) groups excluding carboxylic acids is 1. The van der Waals surface area contributed by atoms with Crippen LogP contribution in [0.1, 0.15) is 61.3 Å². The highest BCUT2D eigenvalue weighted by molar-refractivity contribution is 5.86. The molecule has 0 aromatic heterocycles. The van der Waals surface area contributed by atoms with Crippen molar-refractivity contribution >= 4 is 23.4 Å². The van der Waals surface area contributed by atoms with E-state index in [2.05, 4.69) is 10.2 Å². The molecule has 1 heterocycles. The van der Waals surface area contributed by atoms with Gasteiger partial charge in [0.05, 0.1) is 18.2 Å². The molecule has 2 fully saturated rings. The fourth-order valence-electron chi connectivity index (χ4n) is 5.41. The number of carbonyl (C=O) groups is 2. The van der Waals surface area contributed by atoms with E-state index in [-0.39, 0.29) is 12.0 Å². The molecule has 0 bridgehead atoms. The van der Waals surface area contributed by atoms with Crippen molar-refractivity contribution in [1.29, 1.82) is 0 Å². The highest BCUT2D eigenvalue weighted by atomic mass is 16.6. The maximum absolute atomic E-state index is 12.8. The SMILES string of the molecule is COc1ccc(C2CCN(c3ccc(C4(C(=O)O)CC4)cc3)CC2)c(NC(=O)O[C@H](C)c2ccccc2)c1. The smallest absolute Gasteiger partial charge is 0.412 e. The topological polar surface area (TPSA) is 88.1 Å². The molecule has 5 rings (SSSR count). The fourth-order valence-corrected chi connectivity index (χ4v) is 5.41. The summed E-state index contributed by atoms with van der Waals surface area (Å²) in [5, 5.41) is 12.5. The van der Waals surface area contributed by atoms with E-state index in [0.29, 0.717) is 24.3 Å². The molecule has 198 valence electrons. The normalized spacial score (nSPS) is 17.4. The van der Waals surface area contributed by atoms with Gasteiger partial charge in [-0.3, -0.25) is 10.1 Å². The van der Waals surface area contributed by atoms with Crippen LogP contribution in [-0.4, -0.2) is 37.4 Å². The van der Waals surface area contributed by atoms with Gasteiger partial charge in [-0.05, 0) is 73.4 Å². The minimum absolute atomic E-state index is 0.278. The lowest BCUT2D eigenvalue weighted by Crippen LogP contribution is -2.33. The van der Waals surface area contributed by atoms with E-state index < -0.39 is 17.5 Å². The molecule has 7 heteroatoms. The van der Waals surface area contributed by atoms with E-state index in [1.807, 2.05) is 79.7 Å². The van der Waals surface area contributed by atoms with E-state index in [9.17, 15) is 14.7 Å². The van der Waals surface area contributed by atoms with E-state index in [0.717, 1.165) is 48.3 Å². The van der Waals surface area contributed by atoms with Crippen molar-refractivity contribution in [3.8, 4) is 5.75 Å². The Morgan fingerprint density at radius 1 is 1.00 bits per heavy atom. The summed E-state index contributed by atoms with van der Waals surface area (Å²) >= 11 is 0. The van der Waals surface area contributed by atoms with Crippen molar-refractivity contribution in [2.75, 3.05) is 30.4 Å². The predicted octanol–water partition coefficient (Wildman–Crippen LogP) is 6.51. The average Bonchev–Trinajstić information content (AvgIpc) is 3.76. The number of hydrogen-bond donors (Lipinski definition) is 2. The Hall–Kier alpha value is -4.00. The van der Waals surface area contributed by atoms with E-state index in [1.165, 1.54) is 0 Å². The van der Waals surface area contributed by atoms with Crippen LogP contribution in [0.2, 0.25) is 0 Å². The van der Waals surface area contributed by atoms with Crippen molar-refractivity contribution in [3.05, 3.63) is 89.5 Å². The third kappa shape index (κ3) is 5.32. The van der Waals surface area contributed by atoms with E-state index >= 15 is 0 Å². The molecular weight excluding hydrogens is 480 g/mol. The molecule has 1 saturated carbocycles. The van der Waals surface area contributed by atoms with E-state index in [4.69, 9.17) is 9.47 Å². The molecule has 1 aliphatic carbocycles. The molecule has 0 spiro atoms. The number of aliphatic carboxylic acids is 1. The van der Waals surface area contributed by atoms with Crippen LogP contribution in [0.15, 0.2) is 72.8 Å². The molecule has 7 nitrogen and oxygen atoms in total. The summed E-state index contributed by atoms with van der Waals surface area (Å²) in [6.45, 7) is 3.60. The monoisotopic (exact) mass is 514 g/mol. The lowest BCUT2D eigenvalue weighted by atomic mass is 9.87. The summed E-state index contributed by atoms with van der Waals surface area (Å²) in [6, 6.07) is 23.5. The van der Waals surface area contributed by atoms with Crippen LogP contribution in [0.5, 0.6) is 5.75 Å². The summed E-state index contributed by atoms with van der Waals surface area (Å²) in [7, 11) is 1.61. The van der Waals surface area contributed by atoms with E-state index in [1.54, 1.807) is 7.11 Å². The first-order valence-electron chi connectivity index (χ1n) is 13.2. The van der Waals surface area contributed by atoms with Crippen molar-refractivity contribution in [3.63, 3.8) is 0 Å². The number of amides is 1. The molecule has 3 aromatic rings. The van der Waals surface area contributed by atoms with Crippen LogP contribution >= 0.6 is 0 Å². The van der Waals surface area contributed by atoms with Gasteiger partial charge in [0, 0.05) is 24.8 Å². The zero-order chi connectivity index (χ0) is 26.7. The summed E-state index contributed by atoms with van der Waals surface area (Å²) in [5.41, 5.74) is 4.04. The van der Waals surface area contributed by atoms with Crippen molar-refractivity contribution in [2.45, 2.75) is 50.0 Å². The molecule has 1 aliphatic heterocycles. The molecular formula is C31H34N2O5. The predicted molar refractivity (Wildman–Crippen MR) is 147 cm³/mol. The first kappa shape index (κ1) is 25.6. The van der Waals surface area contributed by atoms with Crippen LogP contribution in [0.3, 0.4) is 0 Å². The molecule has 2 N–H and O–H groups in total. The molecule has 2 aliphatic rings. The summed E-state index contributed by atoms with van der Waals surface area (Å²) in [4.78, 5) is 26.8. The van der Waals surface area contributed by atoms with Crippen LogP contribution in [-0.2, 0) is 14.9 Å². The van der Waals surface area contributed by atoms with Crippen molar-refractivity contribution in [1.82, 2.24) is 0 Å². The lowest BCUT2D eigenvalue weighted by molar-refractivity contribution is -0.140. The van der Waals surface area contributed by atoms with Gasteiger partial charge in [0.25, 0.3) is 0 Å². The van der Waals surface area contributed by atoms with Gasteiger partial charge < -0.3 is 19.5 Å². The quantitative estimate of drug-likeness (QED) is 0.357. The molecule has 0 radical (unpaired) electrons. The van der Waals surface area contributed by atoms with Gasteiger partial charge in [0.15, 0.2) is 0 Å². The Morgan fingerprint density at radius 3 is 2.29 bits per heavy atom. The Labute approximate surface area is 223 Å². The van der Waals surface area contributed by atoms with Crippen molar-refractivity contribution in [2.24, 2.45) is 0 Å². The second-order valence-corrected chi connectivity index (χ2v) is 10.2. The minimum Gasteiger partial charge on any atom is -0.497 e. The first-order valence-corrected chi connectivity index (χ1v) is 13.2. The molecule has 1 atom stereocenters. The molecule has 38 heavy (non-hydrogen) atoms. The van der Waals surface area contributed by atoms with Gasteiger partial charge in [-0.1, -0.05) is 48.5 Å². The number of nitrogens with zero attached hydrogens (tertiary/aromatic N) is 1. The van der Waals surface area contributed by atoms with Gasteiger partial charge in [-0.15, -0.1) is 0 Å². The van der Waals surface area contributed by atoms with Crippen LogP contribution in [0.25, 0.3) is 0 Å². The number of ether oxygens (including phenoxy) is 2. The second kappa shape index (κ2) is 10.8. The third-order valence-electron chi connectivity index (χ3n) is 7.93. The lowest BCUT2D eigenvalue weighted by Gasteiger charge is -2.34. The highest BCUT2D eigenvalue weighted by Gasteiger charge is 2.51. The minimum atomic E-state index is -0.728. The first-order chi connectivity index (χ1) is 18.4. The third-order valence-corrected chi connectivity index (χ3v) is 7.93. The van der Waals surface area contributed by atoms with Crippen molar-refractivity contribution < 1.29 is 24.2 Å². The van der Waals surface area contributed by atoms with Crippen LogP contribution < -0.4 is 15.0 Å².